The van der Waals surface area contributed by atoms with Crippen molar-refractivity contribution in [1.82, 2.24) is 4.90 Å². The summed E-state index contributed by atoms with van der Waals surface area (Å²) < 4.78 is 5.72. The molecule has 1 amide bonds. The van der Waals surface area contributed by atoms with Gasteiger partial charge in [0.1, 0.15) is 5.60 Å². The summed E-state index contributed by atoms with van der Waals surface area (Å²) in [5.41, 5.74) is 1.60. The molecular weight excluding hydrogens is 322 g/mol. The van der Waals surface area contributed by atoms with Crippen LogP contribution >= 0.6 is 0 Å². The Morgan fingerprint density at radius 2 is 1.46 bits per heavy atom. The molecule has 1 aliphatic rings. The topological polar surface area (TPSA) is 29.5 Å². The minimum absolute atomic E-state index is 0.234. The van der Waals surface area contributed by atoms with Gasteiger partial charge in [-0.2, -0.15) is 0 Å². The maximum atomic E-state index is 12.9. The fourth-order valence-corrected chi connectivity index (χ4v) is 3.33. The van der Waals surface area contributed by atoms with Crippen molar-refractivity contribution in [2.45, 2.75) is 84.2 Å². The lowest BCUT2D eigenvalue weighted by Gasteiger charge is -2.29. The van der Waals surface area contributed by atoms with Gasteiger partial charge in [-0.1, -0.05) is 74.9 Å². The summed E-state index contributed by atoms with van der Waals surface area (Å²) >= 11 is 0. The van der Waals surface area contributed by atoms with E-state index in [0.29, 0.717) is 0 Å². The fraction of sp³-hybridized carbons (Fsp3) is 0.609. The highest BCUT2D eigenvalue weighted by molar-refractivity contribution is 5.82. The van der Waals surface area contributed by atoms with Crippen molar-refractivity contribution in [1.29, 1.82) is 0 Å². The quantitative estimate of drug-likeness (QED) is 0.554. The second kappa shape index (κ2) is 10.4. The Balaban J connectivity index is 2.28. The van der Waals surface area contributed by atoms with Gasteiger partial charge >= 0.3 is 6.09 Å². The summed E-state index contributed by atoms with van der Waals surface area (Å²) in [7, 11) is 0. The molecule has 0 atom stereocenters. The smallest absolute Gasteiger partial charge is 0.414 e. The van der Waals surface area contributed by atoms with Crippen LogP contribution in [0.2, 0.25) is 0 Å². The second-order valence-electron chi connectivity index (χ2n) is 8.20. The van der Waals surface area contributed by atoms with Crippen LogP contribution in [0.5, 0.6) is 0 Å². The van der Waals surface area contributed by atoms with Crippen molar-refractivity contribution in [3.63, 3.8) is 0 Å². The van der Waals surface area contributed by atoms with Gasteiger partial charge in [0.05, 0.1) is 5.70 Å². The number of allylic oxidation sites excluding steroid dienone is 1. The zero-order chi connectivity index (χ0) is 18.8. The molecular formula is C23H35NO2. The average molecular weight is 358 g/mol. The highest BCUT2D eigenvalue weighted by Gasteiger charge is 2.25. The Bertz CT molecular complexity index is 572. The van der Waals surface area contributed by atoms with Gasteiger partial charge in [0.25, 0.3) is 0 Å². The van der Waals surface area contributed by atoms with Gasteiger partial charge < -0.3 is 4.74 Å². The highest BCUT2D eigenvalue weighted by atomic mass is 16.6. The number of carbonyl (C=O) groups is 1. The van der Waals surface area contributed by atoms with E-state index in [1.165, 1.54) is 44.9 Å². The van der Waals surface area contributed by atoms with Crippen LogP contribution in [-0.4, -0.2) is 23.1 Å². The summed E-state index contributed by atoms with van der Waals surface area (Å²) in [5.74, 6) is 0. The zero-order valence-electron chi connectivity index (χ0n) is 16.8. The Morgan fingerprint density at radius 3 is 2.08 bits per heavy atom. The number of carbonyl (C=O) groups excluding carboxylic acids is 1. The third-order valence-corrected chi connectivity index (χ3v) is 4.65. The first kappa shape index (κ1) is 20.5. The van der Waals surface area contributed by atoms with Crippen molar-refractivity contribution in [2.24, 2.45) is 0 Å². The van der Waals surface area contributed by atoms with Crippen LogP contribution in [-0.2, 0) is 4.74 Å². The van der Waals surface area contributed by atoms with Crippen LogP contribution in [0.1, 0.15) is 84.1 Å². The first-order chi connectivity index (χ1) is 12.5. The first-order valence-corrected chi connectivity index (χ1v) is 10.2. The van der Waals surface area contributed by atoms with Gasteiger partial charge in [0.2, 0.25) is 0 Å². The number of nitrogens with zero attached hydrogens (tertiary/aromatic N) is 1. The molecule has 0 N–H and O–H groups in total. The van der Waals surface area contributed by atoms with E-state index in [1.807, 2.05) is 43.9 Å². The predicted octanol–water partition coefficient (Wildman–Crippen LogP) is 6.79. The molecule has 1 aromatic rings. The number of ether oxygens (including phenoxy) is 1. The molecule has 3 heteroatoms. The van der Waals surface area contributed by atoms with Crippen LogP contribution in [0.3, 0.4) is 0 Å². The van der Waals surface area contributed by atoms with E-state index in [-0.39, 0.29) is 6.09 Å². The predicted molar refractivity (Wildman–Crippen MR) is 109 cm³/mol. The molecule has 0 saturated carbocycles. The summed E-state index contributed by atoms with van der Waals surface area (Å²) in [6.07, 6.45) is 12.9. The summed E-state index contributed by atoms with van der Waals surface area (Å²) in [5, 5.41) is 0. The van der Waals surface area contributed by atoms with Crippen LogP contribution in [0.4, 0.5) is 4.79 Å². The van der Waals surface area contributed by atoms with Crippen molar-refractivity contribution >= 4 is 11.8 Å². The summed E-state index contributed by atoms with van der Waals surface area (Å²) in [6.45, 7) is 6.50. The Labute approximate surface area is 159 Å². The summed E-state index contributed by atoms with van der Waals surface area (Å²) in [6, 6.07) is 10.2. The molecule has 26 heavy (non-hydrogen) atoms. The molecule has 0 fully saturated rings. The SMILES string of the molecule is CC(C)(C)OC(=O)N1CCCCCCCCCC/C=C/1c1ccccc1. The standard InChI is InChI=1S/C23H35NO2/c1-23(2,3)26-22(25)24-19-15-10-8-6-4-5-7-9-14-18-21(24)20-16-12-11-13-17-20/h11-13,16-18H,4-10,14-15,19H2,1-3H3/b21-18+. The van der Waals surface area contributed by atoms with Gasteiger partial charge in [-0.05, 0) is 45.6 Å². The molecule has 1 heterocycles. The molecule has 0 radical (unpaired) electrons. The molecule has 0 aromatic heterocycles. The second-order valence-corrected chi connectivity index (χ2v) is 8.20. The molecule has 1 aliphatic heterocycles. The Hall–Kier alpha value is -1.77. The molecule has 0 bridgehead atoms. The number of amides is 1. The third kappa shape index (κ3) is 7.23. The van der Waals surface area contributed by atoms with Gasteiger partial charge in [-0.15, -0.1) is 0 Å². The lowest BCUT2D eigenvalue weighted by atomic mass is 10.1. The van der Waals surface area contributed by atoms with Crippen molar-refractivity contribution < 1.29 is 9.53 Å². The van der Waals surface area contributed by atoms with Crippen LogP contribution in [0.25, 0.3) is 5.70 Å². The largest absolute Gasteiger partial charge is 0.443 e. The first-order valence-electron chi connectivity index (χ1n) is 10.2. The molecule has 2 rings (SSSR count). The van der Waals surface area contributed by atoms with Crippen LogP contribution < -0.4 is 0 Å². The molecule has 0 saturated heterocycles. The molecule has 3 nitrogen and oxygen atoms in total. The number of benzene rings is 1. The number of hydrogen-bond acceptors (Lipinski definition) is 2. The fourth-order valence-electron chi connectivity index (χ4n) is 3.33. The summed E-state index contributed by atoms with van der Waals surface area (Å²) in [4.78, 5) is 14.8. The van der Waals surface area contributed by atoms with E-state index in [1.54, 1.807) is 0 Å². The van der Waals surface area contributed by atoms with Gasteiger partial charge in [0.15, 0.2) is 0 Å². The molecule has 0 unspecified atom stereocenters. The Morgan fingerprint density at radius 1 is 0.885 bits per heavy atom. The normalized spacial score (nSPS) is 20.1. The van der Waals surface area contributed by atoms with Crippen LogP contribution in [0, 0.1) is 0 Å². The lowest BCUT2D eigenvalue weighted by molar-refractivity contribution is 0.0351. The lowest BCUT2D eigenvalue weighted by Crippen LogP contribution is -2.36. The van der Waals surface area contributed by atoms with Crippen molar-refractivity contribution in [2.75, 3.05) is 6.54 Å². The Kier molecular flexibility index (Phi) is 8.21. The van der Waals surface area contributed by atoms with Gasteiger partial charge in [-0.3, -0.25) is 4.90 Å². The van der Waals surface area contributed by atoms with E-state index in [0.717, 1.165) is 30.6 Å². The van der Waals surface area contributed by atoms with Crippen molar-refractivity contribution in [3.8, 4) is 0 Å². The monoisotopic (exact) mass is 357 g/mol. The van der Waals surface area contributed by atoms with Gasteiger partial charge in [-0.25, -0.2) is 4.79 Å². The minimum atomic E-state index is -0.486. The highest BCUT2D eigenvalue weighted by Crippen LogP contribution is 2.25. The van der Waals surface area contributed by atoms with E-state index in [2.05, 4.69) is 18.2 Å². The maximum absolute atomic E-state index is 12.9. The van der Waals surface area contributed by atoms with E-state index in [9.17, 15) is 4.79 Å². The van der Waals surface area contributed by atoms with E-state index < -0.39 is 5.60 Å². The third-order valence-electron chi connectivity index (χ3n) is 4.65. The maximum Gasteiger partial charge on any atom is 0.414 e. The minimum Gasteiger partial charge on any atom is -0.443 e. The zero-order valence-corrected chi connectivity index (χ0v) is 16.8. The average Bonchev–Trinajstić information content (AvgIpc) is 2.61. The van der Waals surface area contributed by atoms with Crippen LogP contribution in [0.15, 0.2) is 36.4 Å². The number of hydrogen-bond donors (Lipinski definition) is 0. The van der Waals surface area contributed by atoms with Gasteiger partial charge in [0, 0.05) is 6.54 Å². The molecule has 1 aromatic carbocycles. The molecule has 0 spiro atoms. The van der Waals surface area contributed by atoms with E-state index in [4.69, 9.17) is 4.74 Å². The number of rotatable bonds is 1. The molecule has 0 aliphatic carbocycles. The molecule has 144 valence electrons. The van der Waals surface area contributed by atoms with Crippen molar-refractivity contribution in [3.05, 3.63) is 42.0 Å². The van der Waals surface area contributed by atoms with E-state index >= 15 is 0 Å².